The number of thiazole rings is 1. The van der Waals surface area contributed by atoms with E-state index < -0.39 is 0 Å². The first-order valence-electron chi connectivity index (χ1n) is 6.09. The third-order valence-electron chi connectivity index (χ3n) is 2.92. The molecular weight excluding hydrogens is 280 g/mol. The Hall–Kier alpha value is -1.46. The standard InChI is InChI=1S/C13H13ClN4S/c1-9(14)12-17-10-3-2-5-16-13(10)18(12)7-4-11-15-6-8-19-11/h2-3,5-6,8-9H,4,7H2,1H3. The summed E-state index contributed by atoms with van der Waals surface area (Å²) in [5, 5.41) is 2.97. The van der Waals surface area contributed by atoms with Crippen molar-refractivity contribution in [3.05, 3.63) is 40.7 Å². The molecule has 1 atom stereocenters. The molecule has 6 heteroatoms. The van der Waals surface area contributed by atoms with Gasteiger partial charge in [-0.25, -0.2) is 15.0 Å². The van der Waals surface area contributed by atoms with Crippen molar-refractivity contribution in [1.29, 1.82) is 0 Å². The highest BCUT2D eigenvalue weighted by Crippen LogP contribution is 2.23. The summed E-state index contributed by atoms with van der Waals surface area (Å²) in [5.41, 5.74) is 1.78. The van der Waals surface area contributed by atoms with Crippen molar-refractivity contribution in [3.63, 3.8) is 0 Å². The molecule has 3 heterocycles. The van der Waals surface area contributed by atoms with Gasteiger partial charge in [0.05, 0.1) is 10.4 Å². The number of fused-ring (bicyclic) bond motifs is 1. The molecule has 0 bridgehead atoms. The molecule has 0 aromatic carbocycles. The Labute approximate surface area is 120 Å². The van der Waals surface area contributed by atoms with Crippen LogP contribution in [0.4, 0.5) is 0 Å². The van der Waals surface area contributed by atoms with Crippen molar-refractivity contribution in [2.24, 2.45) is 0 Å². The molecule has 0 fully saturated rings. The number of pyridine rings is 1. The van der Waals surface area contributed by atoms with Gasteiger partial charge in [0.1, 0.15) is 11.3 Å². The highest BCUT2D eigenvalue weighted by atomic mass is 35.5. The average molecular weight is 293 g/mol. The van der Waals surface area contributed by atoms with Gasteiger partial charge in [-0.3, -0.25) is 0 Å². The van der Waals surface area contributed by atoms with Crippen molar-refractivity contribution in [2.45, 2.75) is 25.3 Å². The lowest BCUT2D eigenvalue weighted by atomic mass is 10.4. The van der Waals surface area contributed by atoms with Gasteiger partial charge in [-0.05, 0) is 19.1 Å². The van der Waals surface area contributed by atoms with Crippen LogP contribution < -0.4 is 0 Å². The first-order valence-corrected chi connectivity index (χ1v) is 7.41. The molecular formula is C13H13ClN4S. The molecule has 1 unspecified atom stereocenters. The predicted octanol–water partition coefficient (Wildman–Crippen LogP) is 3.43. The molecule has 98 valence electrons. The van der Waals surface area contributed by atoms with E-state index in [9.17, 15) is 0 Å². The summed E-state index contributed by atoms with van der Waals surface area (Å²) in [7, 11) is 0. The molecule has 0 aliphatic carbocycles. The number of nitrogens with zero attached hydrogens (tertiary/aromatic N) is 4. The number of hydrogen-bond acceptors (Lipinski definition) is 4. The maximum atomic E-state index is 6.22. The summed E-state index contributed by atoms with van der Waals surface area (Å²) in [6.45, 7) is 2.73. The first kappa shape index (κ1) is 12.6. The van der Waals surface area contributed by atoms with E-state index in [0.717, 1.165) is 35.0 Å². The molecule has 19 heavy (non-hydrogen) atoms. The average Bonchev–Trinajstić information content (AvgIpc) is 3.03. The van der Waals surface area contributed by atoms with Gasteiger partial charge < -0.3 is 4.57 Å². The van der Waals surface area contributed by atoms with Crippen LogP contribution in [0.1, 0.15) is 23.1 Å². The Bertz CT molecular complexity index is 675. The summed E-state index contributed by atoms with van der Waals surface area (Å²) in [6.07, 6.45) is 4.48. The maximum Gasteiger partial charge on any atom is 0.160 e. The number of rotatable bonds is 4. The van der Waals surface area contributed by atoms with E-state index in [-0.39, 0.29) is 5.38 Å². The second-order valence-electron chi connectivity index (χ2n) is 4.26. The van der Waals surface area contributed by atoms with Crippen molar-refractivity contribution < 1.29 is 0 Å². The fourth-order valence-electron chi connectivity index (χ4n) is 2.08. The van der Waals surface area contributed by atoms with Crippen LogP contribution in [0.2, 0.25) is 0 Å². The number of aromatic nitrogens is 4. The molecule has 0 radical (unpaired) electrons. The lowest BCUT2D eigenvalue weighted by molar-refractivity contribution is 0.661. The molecule has 3 aromatic rings. The van der Waals surface area contributed by atoms with E-state index in [2.05, 4.69) is 19.5 Å². The second-order valence-corrected chi connectivity index (χ2v) is 5.89. The van der Waals surface area contributed by atoms with Gasteiger partial charge >= 0.3 is 0 Å². The van der Waals surface area contributed by atoms with Crippen LogP contribution in [-0.2, 0) is 13.0 Å². The van der Waals surface area contributed by atoms with Crippen LogP contribution in [0.15, 0.2) is 29.9 Å². The molecule has 0 aliphatic heterocycles. The highest BCUT2D eigenvalue weighted by Gasteiger charge is 2.15. The van der Waals surface area contributed by atoms with Crippen LogP contribution in [-0.4, -0.2) is 19.5 Å². The zero-order valence-corrected chi connectivity index (χ0v) is 12.0. The number of aryl methyl sites for hydroxylation is 2. The number of halogens is 1. The predicted molar refractivity (Wildman–Crippen MR) is 77.6 cm³/mol. The van der Waals surface area contributed by atoms with Crippen LogP contribution in [0.25, 0.3) is 11.2 Å². The third kappa shape index (κ3) is 2.48. The van der Waals surface area contributed by atoms with Crippen LogP contribution in [0.5, 0.6) is 0 Å². The Morgan fingerprint density at radius 2 is 2.26 bits per heavy atom. The molecule has 0 spiro atoms. The van der Waals surface area contributed by atoms with E-state index in [0.29, 0.717) is 0 Å². The summed E-state index contributed by atoms with van der Waals surface area (Å²) < 4.78 is 2.09. The Morgan fingerprint density at radius 3 is 3.00 bits per heavy atom. The minimum atomic E-state index is -0.134. The number of imidazole rings is 1. The van der Waals surface area contributed by atoms with Gasteiger partial charge in [-0.2, -0.15) is 0 Å². The van der Waals surface area contributed by atoms with Crippen LogP contribution in [0.3, 0.4) is 0 Å². The van der Waals surface area contributed by atoms with Gasteiger partial charge in [0.15, 0.2) is 5.65 Å². The van der Waals surface area contributed by atoms with Crippen LogP contribution in [0, 0.1) is 0 Å². The van der Waals surface area contributed by atoms with Crippen LogP contribution >= 0.6 is 22.9 Å². The largest absolute Gasteiger partial charge is 0.311 e. The quantitative estimate of drug-likeness (QED) is 0.692. The van der Waals surface area contributed by atoms with Gasteiger partial charge in [0.25, 0.3) is 0 Å². The van der Waals surface area contributed by atoms with Crippen molar-refractivity contribution in [3.8, 4) is 0 Å². The lowest BCUT2D eigenvalue weighted by Gasteiger charge is -2.08. The molecule has 3 rings (SSSR count). The van der Waals surface area contributed by atoms with Crippen molar-refractivity contribution in [1.82, 2.24) is 19.5 Å². The molecule has 0 N–H and O–H groups in total. The normalized spacial score (nSPS) is 12.9. The zero-order chi connectivity index (χ0) is 13.2. The molecule has 0 saturated carbocycles. The molecule has 0 amide bonds. The first-order chi connectivity index (χ1) is 9.25. The Morgan fingerprint density at radius 1 is 1.37 bits per heavy atom. The van der Waals surface area contributed by atoms with E-state index in [1.165, 1.54) is 0 Å². The molecule has 0 saturated heterocycles. The van der Waals surface area contributed by atoms with E-state index in [4.69, 9.17) is 11.6 Å². The van der Waals surface area contributed by atoms with Crippen molar-refractivity contribution >= 4 is 34.1 Å². The zero-order valence-electron chi connectivity index (χ0n) is 10.5. The maximum absolute atomic E-state index is 6.22. The Balaban J connectivity index is 1.97. The van der Waals surface area contributed by atoms with Gasteiger partial charge in [0, 0.05) is 30.7 Å². The summed E-state index contributed by atoms with van der Waals surface area (Å²) >= 11 is 7.88. The van der Waals surface area contributed by atoms with Crippen molar-refractivity contribution in [2.75, 3.05) is 0 Å². The fourth-order valence-corrected chi connectivity index (χ4v) is 2.86. The highest BCUT2D eigenvalue weighted by molar-refractivity contribution is 7.09. The van der Waals surface area contributed by atoms with Gasteiger partial charge in [-0.1, -0.05) is 0 Å². The van der Waals surface area contributed by atoms with E-state index >= 15 is 0 Å². The number of hydrogen-bond donors (Lipinski definition) is 0. The lowest BCUT2D eigenvalue weighted by Crippen LogP contribution is -2.07. The van der Waals surface area contributed by atoms with E-state index in [1.807, 2.05) is 30.6 Å². The SMILES string of the molecule is CC(Cl)c1nc2cccnc2n1CCc1nccs1. The molecule has 0 aliphatic rings. The summed E-state index contributed by atoms with van der Waals surface area (Å²) in [5.74, 6) is 0.868. The summed E-state index contributed by atoms with van der Waals surface area (Å²) in [6, 6.07) is 3.86. The molecule has 4 nitrogen and oxygen atoms in total. The van der Waals surface area contributed by atoms with Gasteiger partial charge in [0.2, 0.25) is 0 Å². The third-order valence-corrected chi connectivity index (χ3v) is 3.96. The topological polar surface area (TPSA) is 43.6 Å². The minimum absolute atomic E-state index is 0.134. The Kier molecular flexibility index (Phi) is 3.48. The van der Waals surface area contributed by atoms with Gasteiger partial charge in [-0.15, -0.1) is 22.9 Å². The number of alkyl halides is 1. The second kappa shape index (κ2) is 5.27. The fraction of sp³-hybridized carbons (Fsp3) is 0.308. The summed E-state index contributed by atoms with van der Waals surface area (Å²) in [4.78, 5) is 13.3. The smallest absolute Gasteiger partial charge is 0.160 e. The minimum Gasteiger partial charge on any atom is -0.311 e. The molecule has 3 aromatic heterocycles. The van der Waals surface area contributed by atoms with E-state index in [1.54, 1.807) is 17.5 Å². The monoisotopic (exact) mass is 292 g/mol.